The van der Waals surface area contributed by atoms with Crippen LogP contribution in [0.25, 0.3) is 0 Å². The molecule has 0 aromatic carbocycles. The van der Waals surface area contributed by atoms with Gasteiger partial charge in [-0.05, 0) is 40.2 Å². The molecule has 0 spiro atoms. The van der Waals surface area contributed by atoms with Crippen molar-refractivity contribution >= 4 is 6.09 Å². The molecule has 0 aromatic rings. The topological polar surface area (TPSA) is 61.8 Å². The maximum absolute atomic E-state index is 11.4. The monoisotopic (exact) mass is 216 g/mol. The predicted molar refractivity (Wildman–Crippen MR) is 55.8 cm³/mol. The van der Waals surface area contributed by atoms with Gasteiger partial charge in [0.1, 0.15) is 5.60 Å². The van der Waals surface area contributed by atoms with Crippen molar-refractivity contribution in [3.63, 3.8) is 0 Å². The van der Waals surface area contributed by atoms with Gasteiger partial charge in [0, 0.05) is 6.04 Å². The quantitative estimate of drug-likeness (QED) is 0.540. The Morgan fingerprint density at radius 1 is 1.60 bits per heavy atom. The highest BCUT2D eigenvalue weighted by molar-refractivity contribution is 5.66. The average Bonchev–Trinajstić information content (AvgIpc) is 2.53. The van der Waals surface area contributed by atoms with Crippen LogP contribution in [0, 0.1) is 0 Å². The first-order valence-electron chi connectivity index (χ1n) is 5.31. The number of hydrogen-bond acceptors (Lipinski definition) is 4. The van der Waals surface area contributed by atoms with Gasteiger partial charge in [0.05, 0.1) is 6.54 Å². The van der Waals surface area contributed by atoms with Crippen LogP contribution < -0.4 is 5.32 Å². The summed E-state index contributed by atoms with van der Waals surface area (Å²) in [6.45, 7) is 6.55. The summed E-state index contributed by atoms with van der Waals surface area (Å²) in [5.74, 6) is 0. The first-order valence-corrected chi connectivity index (χ1v) is 5.31. The van der Waals surface area contributed by atoms with Crippen molar-refractivity contribution in [2.24, 2.45) is 0 Å². The van der Waals surface area contributed by atoms with Gasteiger partial charge in [0.15, 0.2) is 0 Å². The van der Waals surface area contributed by atoms with Gasteiger partial charge in [-0.25, -0.2) is 4.79 Å². The lowest BCUT2D eigenvalue weighted by Gasteiger charge is -2.24. The van der Waals surface area contributed by atoms with Gasteiger partial charge in [0.2, 0.25) is 0 Å². The fraction of sp³-hybridized carbons (Fsp3) is 0.900. The number of nitrogens with zero attached hydrogens (tertiary/aromatic N) is 1. The highest BCUT2D eigenvalue weighted by atomic mass is 16.6. The number of hydroxylamine groups is 2. The molecule has 1 aliphatic rings. The van der Waals surface area contributed by atoms with E-state index in [2.05, 4.69) is 5.32 Å². The molecule has 1 heterocycles. The predicted octanol–water partition coefficient (Wildman–Crippen LogP) is 1.36. The van der Waals surface area contributed by atoms with Crippen LogP contribution >= 0.6 is 0 Å². The number of hydrogen-bond donors (Lipinski definition) is 2. The fourth-order valence-electron chi connectivity index (χ4n) is 1.51. The lowest BCUT2D eigenvalue weighted by Crippen LogP contribution is -2.41. The van der Waals surface area contributed by atoms with Crippen molar-refractivity contribution in [2.75, 3.05) is 13.1 Å². The van der Waals surface area contributed by atoms with Gasteiger partial charge < -0.3 is 10.1 Å². The Bertz CT molecular complexity index is 219. The lowest BCUT2D eigenvalue weighted by molar-refractivity contribution is -0.0971. The SMILES string of the molecule is CC(C)(C)OC(=O)N(O)CC1CCCN1. The number of nitrogens with one attached hydrogen (secondary N) is 1. The first-order chi connectivity index (χ1) is 6.88. The van der Waals surface area contributed by atoms with Gasteiger partial charge in [-0.1, -0.05) is 0 Å². The van der Waals surface area contributed by atoms with Crippen LogP contribution in [0.4, 0.5) is 4.79 Å². The van der Waals surface area contributed by atoms with E-state index >= 15 is 0 Å². The minimum atomic E-state index is -0.684. The molecule has 15 heavy (non-hydrogen) atoms. The summed E-state index contributed by atoms with van der Waals surface area (Å²) in [6.07, 6.45) is 1.39. The highest BCUT2D eigenvalue weighted by Gasteiger charge is 2.24. The highest BCUT2D eigenvalue weighted by Crippen LogP contribution is 2.11. The van der Waals surface area contributed by atoms with Crippen LogP contribution in [-0.2, 0) is 4.74 Å². The summed E-state index contributed by atoms with van der Waals surface area (Å²) in [7, 11) is 0. The molecule has 0 bridgehead atoms. The molecule has 1 saturated heterocycles. The summed E-state index contributed by atoms with van der Waals surface area (Å²) in [4.78, 5) is 11.4. The molecule has 2 N–H and O–H groups in total. The first kappa shape index (κ1) is 12.3. The van der Waals surface area contributed by atoms with Crippen molar-refractivity contribution in [2.45, 2.75) is 45.3 Å². The largest absolute Gasteiger partial charge is 0.442 e. The van der Waals surface area contributed by atoms with E-state index in [9.17, 15) is 10.0 Å². The molecule has 1 atom stereocenters. The fourth-order valence-corrected chi connectivity index (χ4v) is 1.51. The number of amides is 1. The number of ether oxygens (including phenoxy) is 1. The zero-order chi connectivity index (χ0) is 11.5. The van der Waals surface area contributed by atoms with Crippen molar-refractivity contribution in [3.05, 3.63) is 0 Å². The average molecular weight is 216 g/mol. The van der Waals surface area contributed by atoms with Crippen molar-refractivity contribution in [3.8, 4) is 0 Å². The summed E-state index contributed by atoms with van der Waals surface area (Å²) < 4.78 is 5.02. The van der Waals surface area contributed by atoms with Crippen molar-refractivity contribution < 1.29 is 14.7 Å². The molecule has 5 nitrogen and oxygen atoms in total. The second-order valence-corrected chi connectivity index (χ2v) is 4.86. The number of carbonyl (C=O) groups is 1. The van der Waals surface area contributed by atoms with E-state index in [-0.39, 0.29) is 12.6 Å². The van der Waals surface area contributed by atoms with Crippen LogP contribution in [0.1, 0.15) is 33.6 Å². The molecule has 1 aliphatic heterocycles. The van der Waals surface area contributed by atoms with Gasteiger partial charge in [-0.15, -0.1) is 0 Å². The maximum atomic E-state index is 11.4. The van der Waals surface area contributed by atoms with Crippen LogP contribution in [-0.4, -0.2) is 41.1 Å². The van der Waals surface area contributed by atoms with Crippen molar-refractivity contribution in [1.29, 1.82) is 0 Å². The normalized spacial score (nSPS) is 21.5. The van der Waals surface area contributed by atoms with Gasteiger partial charge in [-0.3, -0.25) is 5.21 Å². The smallest absolute Gasteiger partial charge is 0.434 e. The van der Waals surface area contributed by atoms with E-state index in [1.165, 1.54) is 0 Å². The summed E-state index contributed by atoms with van der Waals surface area (Å²) >= 11 is 0. The van der Waals surface area contributed by atoms with E-state index in [0.29, 0.717) is 5.06 Å². The van der Waals surface area contributed by atoms with Crippen LogP contribution in [0.3, 0.4) is 0 Å². The molecule has 0 radical (unpaired) electrons. The molecule has 1 fully saturated rings. The third-order valence-corrected chi connectivity index (χ3v) is 2.16. The lowest BCUT2D eigenvalue weighted by atomic mass is 10.2. The molecule has 0 saturated carbocycles. The van der Waals surface area contributed by atoms with E-state index in [1.807, 2.05) is 0 Å². The summed E-state index contributed by atoms with van der Waals surface area (Å²) in [5.41, 5.74) is -0.568. The molecule has 1 rings (SSSR count). The second-order valence-electron chi connectivity index (χ2n) is 4.86. The Balaban J connectivity index is 2.32. The number of rotatable bonds is 2. The van der Waals surface area contributed by atoms with Gasteiger partial charge in [-0.2, -0.15) is 5.06 Å². The molecular formula is C10H20N2O3. The molecule has 88 valence electrons. The molecule has 1 unspecified atom stereocenters. The van der Waals surface area contributed by atoms with E-state index in [1.54, 1.807) is 20.8 Å². The Morgan fingerprint density at radius 2 is 2.27 bits per heavy atom. The summed E-state index contributed by atoms with van der Waals surface area (Å²) in [6, 6.07) is 0.183. The summed E-state index contributed by atoms with van der Waals surface area (Å²) in [5, 5.41) is 13.3. The van der Waals surface area contributed by atoms with E-state index < -0.39 is 11.7 Å². The van der Waals surface area contributed by atoms with E-state index in [0.717, 1.165) is 19.4 Å². The van der Waals surface area contributed by atoms with Gasteiger partial charge in [0.25, 0.3) is 0 Å². The Kier molecular flexibility index (Phi) is 3.93. The number of carbonyl (C=O) groups excluding carboxylic acids is 1. The molecule has 0 aliphatic carbocycles. The van der Waals surface area contributed by atoms with Crippen LogP contribution in [0.2, 0.25) is 0 Å². The maximum Gasteiger partial charge on any atom is 0.434 e. The van der Waals surface area contributed by atoms with Crippen molar-refractivity contribution in [1.82, 2.24) is 10.4 Å². The second kappa shape index (κ2) is 4.81. The zero-order valence-electron chi connectivity index (χ0n) is 9.62. The third-order valence-electron chi connectivity index (χ3n) is 2.16. The minimum absolute atomic E-state index is 0.183. The Labute approximate surface area is 90.4 Å². The molecular weight excluding hydrogens is 196 g/mol. The Morgan fingerprint density at radius 3 is 2.73 bits per heavy atom. The molecule has 5 heteroatoms. The molecule has 0 aromatic heterocycles. The third kappa shape index (κ3) is 4.48. The Hall–Kier alpha value is -0.810. The standard InChI is InChI=1S/C10H20N2O3/c1-10(2,3)15-9(13)12(14)7-8-5-4-6-11-8/h8,11,14H,4-7H2,1-3H3. The van der Waals surface area contributed by atoms with Crippen LogP contribution in [0.15, 0.2) is 0 Å². The minimum Gasteiger partial charge on any atom is -0.442 e. The molecule has 1 amide bonds. The van der Waals surface area contributed by atoms with Crippen LogP contribution in [0.5, 0.6) is 0 Å². The van der Waals surface area contributed by atoms with Gasteiger partial charge >= 0.3 is 6.09 Å². The zero-order valence-corrected chi connectivity index (χ0v) is 9.62. The van der Waals surface area contributed by atoms with E-state index in [4.69, 9.17) is 4.74 Å².